The zero-order valence-corrected chi connectivity index (χ0v) is 10.5. The summed E-state index contributed by atoms with van der Waals surface area (Å²) in [6.45, 7) is -0.584. The minimum Gasteiger partial charge on any atom is -0.480 e. The van der Waals surface area contributed by atoms with Gasteiger partial charge in [-0.1, -0.05) is 0 Å². The predicted molar refractivity (Wildman–Crippen MR) is 64.6 cm³/mol. The quantitative estimate of drug-likeness (QED) is 0.599. The van der Waals surface area contributed by atoms with Gasteiger partial charge in [-0.3, -0.25) is 4.79 Å². The molecule has 0 heterocycles. The minimum atomic E-state index is -5.57. The van der Waals surface area contributed by atoms with Gasteiger partial charge in [-0.05, 0) is 12.1 Å². The number of anilines is 3. The number of carboxylic acid groups (broad SMARTS) is 1. The van der Waals surface area contributed by atoms with Crippen LogP contribution in [0.5, 0.6) is 0 Å². The molecule has 0 unspecified atom stereocenters. The third-order valence-electron chi connectivity index (χ3n) is 2.20. The summed E-state index contributed by atoms with van der Waals surface area (Å²) in [6.07, 6.45) is 0. The highest BCUT2D eigenvalue weighted by Crippen LogP contribution is 2.35. The lowest BCUT2D eigenvalue weighted by Crippen LogP contribution is -2.24. The molecule has 0 radical (unpaired) electrons. The van der Waals surface area contributed by atoms with Gasteiger partial charge in [0.05, 0.1) is 22.0 Å². The minimum absolute atomic E-state index is 0.145. The van der Waals surface area contributed by atoms with Crippen LogP contribution in [0.4, 0.5) is 30.2 Å². The highest BCUT2D eigenvalue weighted by atomic mass is 32.2. The molecule has 7 nitrogen and oxygen atoms in total. The molecule has 0 fully saturated rings. The van der Waals surface area contributed by atoms with Crippen molar-refractivity contribution < 1.29 is 31.5 Å². The molecule has 0 saturated carbocycles. The van der Waals surface area contributed by atoms with Crippen LogP contribution >= 0.6 is 0 Å². The molecule has 1 aromatic rings. The maximum absolute atomic E-state index is 12.4. The van der Waals surface area contributed by atoms with E-state index < -0.39 is 44.1 Å². The first-order valence-corrected chi connectivity index (χ1v) is 6.41. The number of nitrogens with two attached hydrogens (primary N) is 2. The van der Waals surface area contributed by atoms with Crippen molar-refractivity contribution in [2.75, 3.05) is 23.3 Å². The molecule has 0 atom stereocenters. The molecule has 0 aliphatic carbocycles. The topological polar surface area (TPSA) is 136 Å². The summed E-state index contributed by atoms with van der Waals surface area (Å²) in [5.41, 5.74) is 4.32. The lowest BCUT2D eigenvalue weighted by molar-refractivity contribution is -0.134. The Morgan fingerprint density at radius 1 is 1.25 bits per heavy atom. The van der Waals surface area contributed by atoms with E-state index in [0.29, 0.717) is 12.1 Å². The first kappa shape index (κ1) is 15.9. The van der Waals surface area contributed by atoms with E-state index in [1.54, 1.807) is 0 Å². The van der Waals surface area contributed by atoms with E-state index in [-0.39, 0.29) is 5.69 Å². The van der Waals surface area contributed by atoms with Crippen LogP contribution in [0, 0.1) is 0 Å². The number of alkyl halides is 3. The standard InChI is InChI=1S/C9H10F3N3O4S/c10-9(11,12)20(18,19)4-1-5(13)8(6(14)2-4)15-3-7(16)17/h1-2,15H,3,13-14H2,(H,16,17). The molecule has 20 heavy (non-hydrogen) atoms. The summed E-state index contributed by atoms with van der Waals surface area (Å²) in [4.78, 5) is 9.25. The van der Waals surface area contributed by atoms with Crippen LogP contribution in [0.3, 0.4) is 0 Å². The van der Waals surface area contributed by atoms with Gasteiger partial charge in [-0.25, -0.2) is 8.42 Å². The van der Waals surface area contributed by atoms with E-state index in [1.807, 2.05) is 0 Å². The second kappa shape index (κ2) is 5.07. The monoisotopic (exact) mass is 313 g/mol. The van der Waals surface area contributed by atoms with Crippen molar-refractivity contribution in [1.82, 2.24) is 0 Å². The van der Waals surface area contributed by atoms with Gasteiger partial charge in [0, 0.05) is 0 Å². The number of hydrogen-bond donors (Lipinski definition) is 4. The van der Waals surface area contributed by atoms with Crippen molar-refractivity contribution in [2.24, 2.45) is 0 Å². The van der Waals surface area contributed by atoms with Crippen LogP contribution in [0.1, 0.15) is 0 Å². The lowest BCUT2D eigenvalue weighted by atomic mass is 10.2. The van der Waals surface area contributed by atoms with Crippen molar-refractivity contribution in [3.05, 3.63) is 12.1 Å². The van der Waals surface area contributed by atoms with Crippen molar-refractivity contribution in [3.63, 3.8) is 0 Å². The van der Waals surface area contributed by atoms with E-state index in [9.17, 15) is 26.4 Å². The summed E-state index contributed by atoms with van der Waals surface area (Å²) in [6, 6.07) is 1.12. The van der Waals surface area contributed by atoms with Crippen molar-refractivity contribution in [2.45, 2.75) is 10.4 Å². The Labute approximate surface area is 111 Å². The van der Waals surface area contributed by atoms with Gasteiger partial charge < -0.3 is 21.9 Å². The van der Waals surface area contributed by atoms with E-state index in [4.69, 9.17) is 16.6 Å². The largest absolute Gasteiger partial charge is 0.501 e. The Balaban J connectivity index is 3.28. The summed E-state index contributed by atoms with van der Waals surface area (Å²) in [5, 5.41) is 10.7. The maximum atomic E-state index is 12.4. The summed E-state index contributed by atoms with van der Waals surface area (Å²) < 4.78 is 59.5. The van der Waals surface area contributed by atoms with Gasteiger partial charge >= 0.3 is 11.5 Å². The number of rotatable bonds is 4. The van der Waals surface area contributed by atoms with Crippen LogP contribution in [0.25, 0.3) is 0 Å². The average Bonchev–Trinajstić information content (AvgIpc) is 2.25. The van der Waals surface area contributed by atoms with Gasteiger partial charge in [0.15, 0.2) is 0 Å². The number of aliphatic carboxylic acids is 1. The highest BCUT2D eigenvalue weighted by Gasteiger charge is 2.47. The van der Waals surface area contributed by atoms with Crippen LogP contribution in [0.15, 0.2) is 17.0 Å². The van der Waals surface area contributed by atoms with Crippen LogP contribution < -0.4 is 16.8 Å². The van der Waals surface area contributed by atoms with E-state index >= 15 is 0 Å². The van der Waals surface area contributed by atoms with E-state index in [0.717, 1.165) is 0 Å². The fourth-order valence-electron chi connectivity index (χ4n) is 1.32. The number of carboxylic acids is 1. The normalized spacial score (nSPS) is 12.2. The summed E-state index contributed by atoms with van der Waals surface area (Å²) in [5.74, 6) is -1.25. The van der Waals surface area contributed by atoms with Crippen molar-refractivity contribution >= 4 is 32.9 Å². The predicted octanol–water partition coefficient (Wildman–Crippen LogP) is 0.641. The smallest absolute Gasteiger partial charge is 0.480 e. The zero-order chi connectivity index (χ0) is 15.7. The Morgan fingerprint density at radius 2 is 1.70 bits per heavy atom. The molecular formula is C9H10F3N3O4S. The molecule has 0 aliphatic heterocycles. The van der Waals surface area contributed by atoms with E-state index in [1.165, 1.54) is 0 Å². The van der Waals surface area contributed by atoms with Gasteiger partial charge in [0.2, 0.25) is 0 Å². The summed E-state index contributed by atoms with van der Waals surface area (Å²) >= 11 is 0. The molecule has 0 aromatic heterocycles. The Kier molecular flexibility index (Phi) is 4.03. The molecule has 1 aromatic carbocycles. The second-order valence-electron chi connectivity index (χ2n) is 3.67. The van der Waals surface area contributed by atoms with Gasteiger partial charge in [-0.2, -0.15) is 13.2 Å². The molecule has 1 rings (SSSR count). The molecular weight excluding hydrogens is 303 g/mol. The SMILES string of the molecule is Nc1cc(S(=O)(=O)C(F)(F)F)cc(N)c1NCC(=O)O. The first-order valence-electron chi connectivity index (χ1n) is 4.93. The molecule has 112 valence electrons. The number of hydrogen-bond acceptors (Lipinski definition) is 6. The molecule has 0 aliphatic rings. The third-order valence-corrected chi connectivity index (χ3v) is 3.67. The fraction of sp³-hybridized carbons (Fsp3) is 0.222. The number of nitrogen functional groups attached to an aromatic ring is 2. The number of sulfone groups is 1. The Bertz CT molecular complexity index is 619. The Morgan fingerprint density at radius 3 is 2.05 bits per heavy atom. The van der Waals surface area contributed by atoms with Crippen LogP contribution in [0.2, 0.25) is 0 Å². The molecule has 0 amide bonds. The first-order chi connectivity index (χ1) is 8.96. The summed E-state index contributed by atoms with van der Waals surface area (Å²) in [7, 11) is -5.57. The Hall–Kier alpha value is -2.17. The molecule has 6 N–H and O–H groups in total. The molecule has 0 bridgehead atoms. The van der Waals surface area contributed by atoms with Crippen molar-refractivity contribution in [3.8, 4) is 0 Å². The number of halogens is 3. The third kappa shape index (κ3) is 3.04. The number of nitrogens with one attached hydrogen (secondary N) is 1. The highest BCUT2D eigenvalue weighted by molar-refractivity contribution is 7.92. The maximum Gasteiger partial charge on any atom is 0.501 e. The van der Waals surface area contributed by atoms with Gasteiger partial charge in [0.1, 0.15) is 6.54 Å². The fourth-order valence-corrected chi connectivity index (χ4v) is 2.15. The number of benzene rings is 1. The lowest BCUT2D eigenvalue weighted by Gasteiger charge is -2.14. The number of carbonyl (C=O) groups is 1. The van der Waals surface area contributed by atoms with E-state index in [2.05, 4.69) is 5.32 Å². The average molecular weight is 313 g/mol. The van der Waals surface area contributed by atoms with Crippen LogP contribution in [-0.2, 0) is 14.6 Å². The van der Waals surface area contributed by atoms with Crippen molar-refractivity contribution in [1.29, 1.82) is 0 Å². The molecule has 11 heteroatoms. The van der Waals surface area contributed by atoms with Gasteiger partial charge in [-0.15, -0.1) is 0 Å². The second-order valence-corrected chi connectivity index (χ2v) is 5.61. The van der Waals surface area contributed by atoms with Crippen LogP contribution in [-0.4, -0.2) is 31.5 Å². The molecule has 0 saturated heterocycles. The zero-order valence-electron chi connectivity index (χ0n) is 9.73. The molecule has 0 spiro atoms. The van der Waals surface area contributed by atoms with Gasteiger partial charge in [0.25, 0.3) is 9.84 Å².